The lowest BCUT2D eigenvalue weighted by atomic mass is 10.2. The Kier molecular flexibility index (Phi) is 2.32. The number of carbonyl (C=O) groups excluding carboxylic acids is 1. The van der Waals surface area contributed by atoms with Gasteiger partial charge in [0.1, 0.15) is 5.52 Å². The Hall–Kier alpha value is -2.08. The van der Waals surface area contributed by atoms with Crippen molar-refractivity contribution in [3.63, 3.8) is 0 Å². The zero-order chi connectivity index (χ0) is 13.9. The Morgan fingerprint density at radius 2 is 2.25 bits per heavy atom. The highest BCUT2D eigenvalue weighted by atomic mass is 16.1. The number of primary amides is 1. The smallest absolute Gasteiger partial charge is 0.250 e. The van der Waals surface area contributed by atoms with Gasteiger partial charge in [0.25, 0.3) is 5.91 Å². The van der Waals surface area contributed by atoms with Crippen LogP contribution in [0.3, 0.4) is 0 Å². The summed E-state index contributed by atoms with van der Waals surface area (Å²) in [5.74, 6) is 0.422. The predicted molar refractivity (Wildman–Crippen MR) is 76.8 cm³/mol. The third kappa shape index (κ3) is 1.54. The van der Waals surface area contributed by atoms with Crippen molar-refractivity contribution in [2.75, 3.05) is 25.0 Å². The molecule has 2 bridgehead atoms. The van der Waals surface area contributed by atoms with Gasteiger partial charge in [-0.15, -0.1) is 0 Å². The summed E-state index contributed by atoms with van der Waals surface area (Å²) in [5, 5.41) is 0. The number of amides is 1. The Morgan fingerprint density at radius 1 is 1.40 bits per heavy atom. The molecule has 0 aliphatic carbocycles. The monoisotopic (exact) mass is 271 g/mol. The van der Waals surface area contributed by atoms with E-state index in [1.165, 1.54) is 6.42 Å². The number of aromatic amines is 1. The summed E-state index contributed by atoms with van der Waals surface area (Å²) in [6, 6.07) is 6.61. The average Bonchev–Trinajstić information content (AvgIpc) is 3.08. The van der Waals surface area contributed by atoms with Crippen LogP contribution in [0, 0.1) is 0 Å². The fourth-order valence-electron chi connectivity index (χ4n) is 3.48. The van der Waals surface area contributed by atoms with Gasteiger partial charge in [-0.05, 0) is 25.6 Å². The van der Waals surface area contributed by atoms with E-state index >= 15 is 0 Å². The molecule has 0 saturated carbocycles. The quantitative estimate of drug-likeness (QED) is 0.836. The number of benzene rings is 1. The highest BCUT2D eigenvalue weighted by Gasteiger charge is 2.42. The van der Waals surface area contributed by atoms with Crippen molar-refractivity contribution in [1.82, 2.24) is 14.9 Å². The number of para-hydroxylation sites is 1. The van der Waals surface area contributed by atoms with Crippen LogP contribution in [0.5, 0.6) is 0 Å². The van der Waals surface area contributed by atoms with E-state index in [2.05, 4.69) is 26.8 Å². The van der Waals surface area contributed by atoms with E-state index in [0.29, 0.717) is 23.2 Å². The number of anilines is 1. The molecule has 0 spiro atoms. The molecule has 2 aliphatic rings. The number of aromatic nitrogens is 2. The summed E-state index contributed by atoms with van der Waals surface area (Å²) >= 11 is 0. The standard InChI is InChI=1S/C14H17N5O/c1-18-6-9-5-8(18)7-19(9)14-16-11-4-2-3-10(13(15)20)12(11)17-14/h2-4,8-9H,5-7H2,1H3,(H2,15,20)(H,16,17)/t8-,9+/m0/s1. The van der Waals surface area contributed by atoms with E-state index in [9.17, 15) is 4.79 Å². The van der Waals surface area contributed by atoms with E-state index in [4.69, 9.17) is 5.73 Å². The minimum atomic E-state index is -0.434. The Morgan fingerprint density at radius 3 is 2.90 bits per heavy atom. The second-order valence-corrected chi connectivity index (χ2v) is 5.76. The van der Waals surface area contributed by atoms with Gasteiger partial charge in [-0.1, -0.05) is 6.07 Å². The van der Waals surface area contributed by atoms with E-state index in [1.807, 2.05) is 12.1 Å². The number of rotatable bonds is 2. The van der Waals surface area contributed by atoms with Gasteiger partial charge in [-0.3, -0.25) is 9.69 Å². The zero-order valence-electron chi connectivity index (χ0n) is 11.3. The van der Waals surface area contributed by atoms with Crippen LogP contribution >= 0.6 is 0 Å². The topological polar surface area (TPSA) is 78.2 Å². The number of nitrogens with zero attached hydrogens (tertiary/aromatic N) is 3. The van der Waals surface area contributed by atoms with Gasteiger partial charge in [-0.25, -0.2) is 4.98 Å². The van der Waals surface area contributed by atoms with Gasteiger partial charge in [-0.2, -0.15) is 0 Å². The number of likely N-dealkylation sites (tertiary alicyclic amines) is 1. The van der Waals surface area contributed by atoms with Crippen LogP contribution in [0.4, 0.5) is 5.95 Å². The number of imidazole rings is 1. The number of nitrogens with one attached hydrogen (secondary N) is 1. The molecule has 2 saturated heterocycles. The maximum absolute atomic E-state index is 11.5. The second kappa shape index (κ2) is 3.96. The molecular formula is C14H17N5O. The Bertz CT molecular complexity index is 692. The maximum atomic E-state index is 11.5. The molecule has 2 atom stereocenters. The van der Waals surface area contributed by atoms with Gasteiger partial charge in [0.05, 0.1) is 11.1 Å². The first-order valence-electron chi connectivity index (χ1n) is 6.89. The number of carbonyl (C=O) groups is 1. The van der Waals surface area contributed by atoms with Crippen LogP contribution in [-0.4, -0.2) is 53.0 Å². The largest absolute Gasteiger partial charge is 0.366 e. The minimum absolute atomic E-state index is 0.434. The van der Waals surface area contributed by atoms with E-state index in [1.54, 1.807) is 6.07 Å². The van der Waals surface area contributed by atoms with Crippen molar-refractivity contribution in [3.05, 3.63) is 23.8 Å². The molecular weight excluding hydrogens is 254 g/mol. The molecule has 104 valence electrons. The molecule has 0 radical (unpaired) electrons. The number of hydrogen-bond acceptors (Lipinski definition) is 4. The molecule has 3 N–H and O–H groups in total. The van der Waals surface area contributed by atoms with Crippen molar-refractivity contribution in [2.24, 2.45) is 5.73 Å². The molecule has 6 nitrogen and oxygen atoms in total. The summed E-state index contributed by atoms with van der Waals surface area (Å²) in [6.45, 7) is 2.07. The predicted octanol–water partition coefficient (Wildman–Crippen LogP) is 0.554. The van der Waals surface area contributed by atoms with Crippen molar-refractivity contribution in [2.45, 2.75) is 18.5 Å². The van der Waals surface area contributed by atoms with Crippen LogP contribution in [0.1, 0.15) is 16.8 Å². The molecule has 4 rings (SSSR count). The average molecular weight is 271 g/mol. The van der Waals surface area contributed by atoms with Crippen LogP contribution in [0.2, 0.25) is 0 Å². The summed E-state index contributed by atoms with van der Waals surface area (Å²) in [5.41, 5.74) is 7.43. The number of likely N-dealkylation sites (N-methyl/N-ethyl adjacent to an activating group) is 1. The Balaban J connectivity index is 1.75. The van der Waals surface area contributed by atoms with Gasteiger partial charge in [0.15, 0.2) is 0 Å². The lowest BCUT2D eigenvalue weighted by Gasteiger charge is -2.31. The summed E-state index contributed by atoms with van der Waals surface area (Å²) < 4.78 is 0. The number of hydrogen-bond donors (Lipinski definition) is 2. The van der Waals surface area contributed by atoms with E-state index in [0.717, 1.165) is 24.6 Å². The fraction of sp³-hybridized carbons (Fsp3) is 0.429. The molecule has 20 heavy (non-hydrogen) atoms. The number of H-pyrrole nitrogens is 1. The molecule has 6 heteroatoms. The molecule has 1 aromatic carbocycles. The summed E-state index contributed by atoms with van der Waals surface area (Å²) in [7, 11) is 2.17. The lowest BCUT2D eigenvalue weighted by molar-refractivity contribution is 0.100. The van der Waals surface area contributed by atoms with E-state index in [-0.39, 0.29) is 0 Å². The van der Waals surface area contributed by atoms with Gasteiger partial charge in [0, 0.05) is 25.2 Å². The van der Waals surface area contributed by atoms with E-state index < -0.39 is 5.91 Å². The van der Waals surface area contributed by atoms with Gasteiger partial charge in [0.2, 0.25) is 5.95 Å². The number of piperazine rings is 1. The normalized spacial score (nSPS) is 25.8. The minimum Gasteiger partial charge on any atom is -0.366 e. The maximum Gasteiger partial charge on any atom is 0.250 e. The summed E-state index contributed by atoms with van der Waals surface area (Å²) in [4.78, 5) is 24.1. The van der Waals surface area contributed by atoms with Gasteiger partial charge >= 0.3 is 0 Å². The molecule has 1 amide bonds. The van der Waals surface area contributed by atoms with Crippen LogP contribution in [0.15, 0.2) is 18.2 Å². The molecule has 1 aromatic heterocycles. The highest BCUT2D eigenvalue weighted by molar-refractivity contribution is 6.04. The molecule has 2 aliphatic heterocycles. The first kappa shape index (κ1) is 11.7. The van der Waals surface area contributed by atoms with Crippen LogP contribution in [-0.2, 0) is 0 Å². The summed E-state index contributed by atoms with van der Waals surface area (Å²) in [6.07, 6.45) is 1.19. The zero-order valence-corrected chi connectivity index (χ0v) is 11.3. The highest BCUT2D eigenvalue weighted by Crippen LogP contribution is 2.33. The second-order valence-electron chi connectivity index (χ2n) is 5.76. The third-order valence-electron chi connectivity index (χ3n) is 4.55. The van der Waals surface area contributed by atoms with Gasteiger partial charge < -0.3 is 15.6 Å². The molecule has 2 aromatic rings. The first-order valence-corrected chi connectivity index (χ1v) is 6.89. The van der Waals surface area contributed by atoms with Crippen molar-refractivity contribution < 1.29 is 4.79 Å². The first-order chi connectivity index (χ1) is 9.63. The number of fused-ring (bicyclic) bond motifs is 3. The lowest BCUT2D eigenvalue weighted by Crippen LogP contribution is -2.45. The van der Waals surface area contributed by atoms with Crippen molar-refractivity contribution in [3.8, 4) is 0 Å². The Labute approximate surface area is 116 Å². The molecule has 0 unspecified atom stereocenters. The third-order valence-corrected chi connectivity index (χ3v) is 4.55. The van der Waals surface area contributed by atoms with Crippen LogP contribution in [0.25, 0.3) is 11.0 Å². The SMILES string of the molecule is CN1C[C@H]2C[C@H]1CN2c1nc2c(C(N)=O)cccc2[nH]1. The van der Waals surface area contributed by atoms with Crippen molar-refractivity contribution >= 4 is 22.9 Å². The number of nitrogens with two attached hydrogens (primary N) is 1. The molecule has 2 fully saturated rings. The fourth-order valence-corrected chi connectivity index (χ4v) is 3.48. The van der Waals surface area contributed by atoms with Crippen molar-refractivity contribution in [1.29, 1.82) is 0 Å². The van der Waals surface area contributed by atoms with Crippen LogP contribution < -0.4 is 10.6 Å². The molecule has 3 heterocycles.